The lowest BCUT2D eigenvalue weighted by molar-refractivity contribution is -0.137. The van der Waals surface area contributed by atoms with Gasteiger partial charge in [0.25, 0.3) is 5.92 Å². The van der Waals surface area contributed by atoms with E-state index in [4.69, 9.17) is 5.11 Å². The first-order valence-corrected chi connectivity index (χ1v) is 9.56. The Morgan fingerprint density at radius 1 is 1.31 bits per heavy atom. The van der Waals surface area contributed by atoms with Crippen LogP contribution in [0.4, 0.5) is 8.78 Å². The van der Waals surface area contributed by atoms with Crippen LogP contribution >= 0.6 is 0 Å². The quantitative estimate of drug-likeness (QED) is 0.352. The Balaban J connectivity index is 2.58. The number of carbonyl (C=O) groups is 1. The third-order valence-electron chi connectivity index (χ3n) is 4.90. The standard InChI is InChI=1S/C21H32F2O3/c1-3-4-9-13-21(22,23)14-12-18-17(16(2)15-19(18)24)10-7-5-6-8-11-20(25)26/h5,7,12,14,17-19,24H,2-4,6,8-11,13,15H2,1H3,(H,25,26)/b7-5-,14-12+/t17-,18+,19+/m0/s1. The van der Waals surface area contributed by atoms with Crippen LogP contribution in [0.1, 0.15) is 64.7 Å². The number of aliphatic hydroxyl groups excluding tert-OH is 1. The average molecular weight is 370 g/mol. The number of carboxylic acid groups (broad SMARTS) is 1. The van der Waals surface area contributed by atoms with E-state index >= 15 is 0 Å². The number of hydrogen-bond acceptors (Lipinski definition) is 2. The van der Waals surface area contributed by atoms with Gasteiger partial charge in [0.15, 0.2) is 0 Å². The molecule has 3 nitrogen and oxygen atoms in total. The molecule has 0 bridgehead atoms. The van der Waals surface area contributed by atoms with Crippen molar-refractivity contribution in [3.05, 3.63) is 36.5 Å². The summed E-state index contributed by atoms with van der Waals surface area (Å²) in [6.45, 7) is 5.97. The van der Waals surface area contributed by atoms with E-state index in [2.05, 4.69) is 6.58 Å². The summed E-state index contributed by atoms with van der Waals surface area (Å²) >= 11 is 0. The molecule has 0 aromatic carbocycles. The molecule has 0 unspecified atom stereocenters. The van der Waals surface area contributed by atoms with E-state index in [0.29, 0.717) is 32.1 Å². The van der Waals surface area contributed by atoms with Crippen LogP contribution in [-0.2, 0) is 4.79 Å². The van der Waals surface area contributed by atoms with Crippen LogP contribution < -0.4 is 0 Å². The number of alkyl halides is 2. The minimum atomic E-state index is -2.84. The van der Waals surface area contributed by atoms with Gasteiger partial charge in [0.2, 0.25) is 0 Å². The first-order valence-electron chi connectivity index (χ1n) is 9.56. The van der Waals surface area contributed by atoms with Crippen molar-refractivity contribution in [2.45, 2.75) is 76.7 Å². The minimum Gasteiger partial charge on any atom is -0.481 e. The van der Waals surface area contributed by atoms with Crippen LogP contribution in [0.2, 0.25) is 0 Å². The summed E-state index contributed by atoms with van der Waals surface area (Å²) in [4.78, 5) is 10.5. The van der Waals surface area contributed by atoms with E-state index in [1.807, 2.05) is 19.1 Å². The second kappa shape index (κ2) is 11.3. The molecule has 0 aromatic heterocycles. The van der Waals surface area contributed by atoms with Gasteiger partial charge < -0.3 is 10.2 Å². The first-order chi connectivity index (χ1) is 12.3. The number of halogens is 2. The van der Waals surface area contributed by atoms with Gasteiger partial charge in [0.1, 0.15) is 0 Å². The second-order valence-electron chi connectivity index (χ2n) is 7.18. The fourth-order valence-corrected chi connectivity index (χ4v) is 3.36. The third-order valence-corrected chi connectivity index (χ3v) is 4.90. The normalized spacial score (nSPS) is 24.2. The van der Waals surface area contributed by atoms with Crippen molar-refractivity contribution in [3.63, 3.8) is 0 Å². The zero-order valence-electron chi connectivity index (χ0n) is 15.7. The Kier molecular flexibility index (Phi) is 9.78. The second-order valence-corrected chi connectivity index (χ2v) is 7.18. The van der Waals surface area contributed by atoms with Crippen molar-refractivity contribution in [2.75, 3.05) is 0 Å². The number of hydrogen-bond donors (Lipinski definition) is 2. The molecule has 0 heterocycles. The zero-order chi connectivity index (χ0) is 19.6. The summed E-state index contributed by atoms with van der Waals surface area (Å²) in [7, 11) is 0. The van der Waals surface area contributed by atoms with Crippen molar-refractivity contribution in [2.24, 2.45) is 11.8 Å². The average Bonchev–Trinajstić information content (AvgIpc) is 2.82. The van der Waals surface area contributed by atoms with Crippen molar-refractivity contribution < 1.29 is 23.8 Å². The summed E-state index contributed by atoms with van der Waals surface area (Å²) in [6, 6.07) is 0. The number of rotatable bonds is 12. The van der Waals surface area contributed by atoms with Gasteiger partial charge >= 0.3 is 5.97 Å². The molecule has 0 aliphatic heterocycles. The number of aliphatic carboxylic acids is 1. The van der Waals surface area contributed by atoms with E-state index in [1.54, 1.807) is 0 Å². The number of carboxylic acids is 1. The molecule has 0 amide bonds. The molecule has 148 valence electrons. The van der Waals surface area contributed by atoms with Crippen LogP contribution in [0, 0.1) is 11.8 Å². The fraction of sp³-hybridized carbons (Fsp3) is 0.667. The monoisotopic (exact) mass is 370 g/mol. The Bertz CT molecular complexity index is 511. The summed E-state index contributed by atoms with van der Waals surface area (Å²) in [5.74, 6) is -4.04. The molecule has 1 fully saturated rings. The Labute approximate surface area is 155 Å². The van der Waals surface area contributed by atoms with Crippen molar-refractivity contribution >= 4 is 5.97 Å². The van der Waals surface area contributed by atoms with Crippen LogP contribution in [0.25, 0.3) is 0 Å². The lowest BCUT2D eigenvalue weighted by Gasteiger charge is -2.19. The summed E-state index contributed by atoms with van der Waals surface area (Å²) in [6.07, 6.45) is 10.1. The molecule has 1 saturated carbocycles. The predicted molar refractivity (Wildman–Crippen MR) is 100 cm³/mol. The van der Waals surface area contributed by atoms with Gasteiger partial charge in [-0.15, -0.1) is 0 Å². The number of unbranched alkanes of at least 4 members (excludes halogenated alkanes) is 3. The molecule has 1 aliphatic carbocycles. The van der Waals surface area contributed by atoms with Crippen molar-refractivity contribution in [1.82, 2.24) is 0 Å². The number of aliphatic hydroxyl groups is 1. The Morgan fingerprint density at radius 2 is 2.04 bits per heavy atom. The van der Waals surface area contributed by atoms with Gasteiger partial charge in [0.05, 0.1) is 6.10 Å². The molecule has 0 saturated heterocycles. The molecular formula is C21H32F2O3. The maximum Gasteiger partial charge on any atom is 0.303 e. The molecule has 1 aliphatic rings. The highest BCUT2D eigenvalue weighted by Crippen LogP contribution is 2.40. The molecular weight excluding hydrogens is 338 g/mol. The highest BCUT2D eigenvalue weighted by Gasteiger charge is 2.36. The highest BCUT2D eigenvalue weighted by atomic mass is 19.3. The summed E-state index contributed by atoms with van der Waals surface area (Å²) in [5, 5.41) is 18.8. The molecule has 0 spiro atoms. The van der Waals surface area contributed by atoms with E-state index in [0.717, 1.165) is 24.5 Å². The SMILES string of the molecule is C=C1C[C@@H](O)[C@H](/C=C/C(F)(F)CCCCC)[C@H]1C/C=C\CCCC(=O)O. The van der Waals surface area contributed by atoms with Gasteiger partial charge in [-0.05, 0) is 44.1 Å². The summed E-state index contributed by atoms with van der Waals surface area (Å²) < 4.78 is 27.9. The minimum absolute atomic E-state index is 0.0524. The number of allylic oxidation sites excluding steroid dienone is 3. The fourth-order valence-electron chi connectivity index (χ4n) is 3.36. The highest BCUT2D eigenvalue weighted by molar-refractivity contribution is 5.66. The van der Waals surface area contributed by atoms with Crippen LogP contribution in [0.15, 0.2) is 36.5 Å². The molecule has 5 heteroatoms. The molecule has 1 rings (SSSR count). The van der Waals surface area contributed by atoms with Gasteiger partial charge in [0, 0.05) is 18.8 Å². The van der Waals surface area contributed by atoms with Gasteiger partial charge in [-0.1, -0.05) is 50.1 Å². The van der Waals surface area contributed by atoms with Crippen molar-refractivity contribution in [1.29, 1.82) is 0 Å². The van der Waals surface area contributed by atoms with E-state index < -0.39 is 18.0 Å². The van der Waals surface area contributed by atoms with E-state index in [9.17, 15) is 18.7 Å². The van der Waals surface area contributed by atoms with E-state index in [1.165, 1.54) is 6.08 Å². The first kappa shape index (κ1) is 22.6. The maximum atomic E-state index is 14.0. The van der Waals surface area contributed by atoms with E-state index in [-0.39, 0.29) is 24.7 Å². The topological polar surface area (TPSA) is 57.5 Å². The summed E-state index contributed by atoms with van der Waals surface area (Å²) in [5.41, 5.74) is 0.886. The Morgan fingerprint density at radius 3 is 2.69 bits per heavy atom. The molecule has 2 N–H and O–H groups in total. The smallest absolute Gasteiger partial charge is 0.303 e. The molecule has 3 atom stereocenters. The predicted octanol–water partition coefficient (Wildman–Crippen LogP) is 5.51. The molecule has 0 aromatic rings. The molecule has 26 heavy (non-hydrogen) atoms. The third kappa shape index (κ3) is 8.26. The lowest BCUT2D eigenvalue weighted by Crippen LogP contribution is -2.19. The van der Waals surface area contributed by atoms with Crippen LogP contribution in [-0.4, -0.2) is 28.2 Å². The van der Waals surface area contributed by atoms with Crippen LogP contribution in [0.5, 0.6) is 0 Å². The van der Waals surface area contributed by atoms with Gasteiger partial charge in [-0.3, -0.25) is 4.79 Å². The Hall–Kier alpha value is -1.49. The maximum absolute atomic E-state index is 14.0. The van der Waals surface area contributed by atoms with Gasteiger partial charge in [-0.25, -0.2) is 8.78 Å². The van der Waals surface area contributed by atoms with Gasteiger partial charge in [-0.2, -0.15) is 0 Å². The largest absolute Gasteiger partial charge is 0.481 e. The molecule has 0 radical (unpaired) electrons. The lowest BCUT2D eigenvalue weighted by atomic mass is 9.89. The zero-order valence-corrected chi connectivity index (χ0v) is 15.7. The van der Waals surface area contributed by atoms with Crippen LogP contribution in [0.3, 0.4) is 0 Å². The van der Waals surface area contributed by atoms with Crippen molar-refractivity contribution in [3.8, 4) is 0 Å².